The van der Waals surface area contributed by atoms with Gasteiger partial charge in [-0.2, -0.15) is 0 Å². The highest BCUT2D eigenvalue weighted by atomic mass is 35.5. The lowest BCUT2D eigenvalue weighted by Crippen LogP contribution is -2.08. The van der Waals surface area contributed by atoms with Gasteiger partial charge in [0.05, 0.1) is 12.0 Å². The second-order valence-corrected chi connectivity index (χ2v) is 6.48. The smallest absolute Gasteiger partial charge is 0.212 e. The normalized spacial score (nSPS) is 11.2. The second kappa shape index (κ2) is 8.04. The van der Waals surface area contributed by atoms with Crippen molar-refractivity contribution in [2.75, 3.05) is 21.2 Å². The fraction of sp³-hybridized carbons (Fsp3) is 0.176. The van der Waals surface area contributed by atoms with Crippen LogP contribution in [0, 0.1) is 0 Å². The van der Waals surface area contributed by atoms with E-state index in [0.717, 1.165) is 4.90 Å². The molecule has 23 heavy (non-hydrogen) atoms. The summed E-state index contributed by atoms with van der Waals surface area (Å²) in [4.78, 5) is 20.2. The van der Waals surface area contributed by atoms with Gasteiger partial charge >= 0.3 is 0 Å². The van der Waals surface area contributed by atoms with Crippen LogP contribution in [-0.4, -0.2) is 36.9 Å². The summed E-state index contributed by atoms with van der Waals surface area (Å²) in [5, 5.41) is 0.665. The topological polar surface area (TPSA) is 42.4 Å². The van der Waals surface area contributed by atoms with Crippen molar-refractivity contribution in [3.63, 3.8) is 0 Å². The lowest BCUT2D eigenvalue weighted by Gasteiger charge is -2.11. The molecule has 0 saturated heterocycles. The minimum atomic E-state index is -0.0891. The molecule has 0 unspecified atom stereocenters. The highest BCUT2D eigenvalue weighted by Crippen LogP contribution is 2.30. The molecule has 6 heteroatoms. The Balaban J connectivity index is 2.26. The molecule has 1 aromatic carbocycles. The van der Waals surface area contributed by atoms with Gasteiger partial charge in [0.15, 0.2) is 0 Å². The van der Waals surface area contributed by atoms with E-state index >= 15 is 0 Å². The zero-order valence-corrected chi connectivity index (χ0v) is 14.7. The number of halogens is 1. The van der Waals surface area contributed by atoms with Crippen LogP contribution in [0.5, 0.6) is 5.88 Å². The van der Waals surface area contributed by atoms with Crippen LogP contribution in [-0.2, 0) is 0 Å². The number of hydrogen-bond acceptors (Lipinski definition) is 5. The summed E-state index contributed by atoms with van der Waals surface area (Å²) in [6, 6.07) is 10.8. The molecule has 4 nitrogen and oxygen atoms in total. The number of nitrogens with zero attached hydrogens (tertiary/aromatic N) is 2. The molecule has 1 aromatic heterocycles. The van der Waals surface area contributed by atoms with Crippen LogP contribution in [0.25, 0.3) is 0 Å². The maximum Gasteiger partial charge on any atom is 0.212 e. The lowest BCUT2D eigenvalue weighted by molar-refractivity contribution is 0.104. The minimum absolute atomic E-state index is 0.0891. The van der Waals surface area contributed by atoms with Gasteiger partial charge in [0.2, 0.25) is 11.7 Å². The zero-order valence-electron chi connectivity index (χ0n) is 13.1. The average Bonchev–Trinajstić information content (AvgIpc) is 2.55. The third-order valence-corrected chi connectivity index (χ3v) is 4.12. The average molecular weight is 349 g/mol. The van der Waals surface area contributed by atoms with E-state index in [1.54, 1.807) is 30.5 Å². The summed E-state index contributed by atoms with van der Waals surface area (Å²) in [6.07, 6.45) is 3.32. The van der Waals surface area contributed by atoms with Crippen molar-refractivity contribution in [1.82, 2.24) is 9.88 Å². The van der Waals surface area contributed by atoms with Crippen molar-refractivity contribution in [2.24, 2.45) is 0 Å². The largest absolute Gasteiger partial charge is 0.481 e. The molecule has 2 aromatic rings. The molecule has 0 atom stereocenters. The summed E-state index contributed by atoms with van der Waals surface area (Å²) in [7, 11) is 5.29. The highest BCUT2D eigenvalue weighted by molar-refractivity contribution is 8.04. The van der Waals surface area contributed by atoms with E-state index in [-0.39, 0.29) is 5.78 Å². The molecule has 0 spiro atoms. The van der Waals surface area contributed by atoms with Gasteiger partial charge in [0.25, 0.3) is 0 Å². The number of thioether (sulfide) groups is 1. The maximum absolute atomic E-state index is 12.7. The summed E-state index contributed by atoms with van der Waals surface area (Å²) in [5.74, 6) is 0.388. The quantitative estimate of drug-likeness (QED) is 0.446. The van der Waals surface area contributed by atoms with E-state index < -0.39 is 0 Å². The summed E-state index contributed by atoms with van der Waals surface area (Å²) < 4.78 is 5.02. The van der Waals surface area contributed by atoms with Gasteiger partial charge in [-0.1, -0.05) is 23.4 Å². The third-order valence-electron chi connectivity index (χ3n) is 2.85. The molecule has 2 rings (SSSR count). The first kappa shape index (κ1) is 17.4. The third kappa shape index (κ3) is 5.01. The molecule has 1 heterocycles. The molecule has 0 saturated carbocycles. The van der Waals surface area contributed by atoms with Gasteiger partial charge in [0.1, 0.15) is 0 Å². The van der Waals surface area contributed by atoms with Gasteiger partial charge in [-0.15, -0.1) is 0 Å². The van der Waals surface area contributed by atoms with Gasteiger partial charge in [0, 0.05) is 48.0 Å². The number of allylic oxidation sites excluding steroid dienone is 1. The van der Waals surface area contributed by atoms with Crippen LogP contribution in [0.15, 0.2) is 58.6 Å². The van der Waals surface area contributed by atoms with E-state index in [1.165, 1.54) is 25.1 Å². The number of hydrogen-bond donors (Lipinski definition) is 0. The molecule has 0 fully saturated rings. The van der Waals surface area contributed by atoms with Crippen molar-refractivity contribution in [3.8, 4) is 5.88 Å². The Morgan fingerprint density at radius 3 is 2.43 bits per heavy atom. The van der Waals surface area contributed by atoms with Gasteiger partial charge in [-0.05, 0) is 30.3 Å². The predicted octanol–water partition coefficient (Wildman–Crippen LogP) is 4.12. The number of pyridine rings is 1. The Morgan fingerprint density at radius 1 is 1.22 bits per heavy atom. The number of methoxy groups -OCH3 is 1. The number of Topliss-reactive ketones (excluding diaryl/α,β-unsaturated/α-hetero) is 1. The van der Waals surface area contributed by atoms with E-state index in [9.17, 15) is 4.79 Å². The van der Waals surface area contributed by atoms with Gasteiger partial charge in [-0.25, -0.2) is 4.98 Å². The van der Waals surface area contributed by atoms with Crippen molar-refractivity contribution < 1.29 is 9.53 Å². The molecule has 120 valence electrons. The lowest BCUT2D eigenvalue weighted by atomic mass is 10.2. The Kier molecular flexibility index (Phi) is 6.07. The van der Waals surface area contributed by atoms with Crippen LogP contribution in [0.2, 0.25) is 5.02 Å². The predicted molar refractivity (Wildman–Crippen MR) is 94.2 cm³/mol. The summed E-state index contributed by atoms with van der Waals surface area (Å²) in [6.45, 7) is 0. The number of carbonyl (C=O) groups excluding carboxylic acids is 1. The van der Waals surface area contributed by atoms with Crippen molar-refractivity contribution in [1.29, 1.82) is 0 Å². The van der Waals surface area contributed by atoms with E-state index in [1.807, 2.05) is 31.1 Å². The van der Waals surface area contributed by atoms with Gasteiger partial charge in [-0.3, -0.25) is 4.79 Å². The fourth-order valence-electron chi connectivity index (χ4n) is 1.77. The number of benzene rings is 1. The van der Waals surface area contributed by atoms with E-state index in [0.29, 0.717) is 21.4 Å². The molecule has 0 aliphatic heterocycles. The molecule has 0 amide bonds. The van der Waals surface area contributed by atoms with Crippen molar-refractivity contribution in [2.45, 2.75) is 4.90 Å². The summed E-state index contributed by atoms with van der Waals surface area (Å²) >= 11 is 7.29. The van der Waals surface area contributed by atoms with E-state index in [2.05, 4.69) is 4.98 Å². The molecule has 0 aliphatic carbocycles. The number of carbonyl (C=O) groups is 1. The van der Waals surface area contributed by atoms with Gasteiger partial charge < -0.3 is 9.64 Å². The summed E-state index contributed by atoms with van der Waals surface area (Å²) in [5.41, 5.74) is 0.514. The first-order valence-corrected chi connectivity index (χ1v) is 8.05. The molecule has 0 aliphatic rings. The number of rotatable bonds is 6. The SMILES string of the molecule is COc1ccc(C(=O)/C(=C\N(C)C)Sc2ccc(Cl)cc2)cn1. The van der Waals surface area contributed by atoms with Crippen molar-refractivity contribution in [3.05, 3.63) is 64.3 Å². The molecule has 0 radical (unpaired) electrons. The van der Waals surface area contributed by atoms with Crippen LogP contribution in [0.4, 0.5) is 0 Å². The van der Waals surface area contributed by atoms with Crippen LogP contribution in [0.3, 0.4) is 0 Å². The van der Waals surface area contributed by atoms with E-state index in [4.69, 9.17) is 16.3 Å². The molecule has 0 bridgehead atoms. The molecular weight excluding hydrogens is 332 g/mol. The Bertz CT molecular complexity index is 698. The standard InChI is InChI=1S/C17H17ClN2O2S/c1-20(2)11-15(23-14-7-5-13(18)6-8-14)17(21)12-4-9-16(22-3)19-10-12/h4-11H,1-3H3/b15-11+. The number of ether oxygens (including phenoxy) is 1. The minimum Gasteiger partial charge on any atom is -0.481 e. The molecule has 0 N–H and O–H groups in total. The van der Waals surface area contributed by atoms with Crippen LogP contribution >= 0.6 is 23.4 Å². The first-order valence-electron chi connectivity index (χ1n) is 6.86. The van der Waals surface area contributed by atoms with Crippen LogP contribution < -0.4 is 4.74 Å². The first-order chi connectivity index (χ1) is 11.0. The Labute approximate surface area is 145 Å². The molecular formula is C17H17ClN2O2S. The Hall–Kier alpha value is -1.98. The Morgan fingerprint density at radius 2 is 1.91 bits per heavy atom. The monoisotopic (exact) mass is 348 g/mol. The highest BCUT2D eigenvalue weighted by Gasteiger charge is 2.15. The number of ketones is 1. The zero-order chi connectivity index (χ0) is 16.8. The maximum atomic E-state index is 12.7. The van der Waals surface area contributed by atoms with Crippen molar-refractivity contribution >= 4 is 29.1 Å². The van der Waals surface area contributed by atoms with Crippen LogP contribution in [0.1, 0.15) is 10.4 Å². The second-order valence-electron chi connectivity index (χ2n) is 4.93. The number of aromatic nitrogens is 1. The fourth-order valence-corrected chi connectivity index (χ4v) is 2.90.